The predicted molar refractivity (Wildman–Crippen MR) is 69.0 cm³/mol. The minimum atomic E-state index is -0.674. The van der Waals surface area contributed by atoms with Crippen molar-refractivity contribution >= 4 is 11.9 Å². The molecule has 0 saturated heterocycles. The molecule has 0 unspecified atom stereocenters. The fourth-order valence-electron chi connectivity index (χ4n) is 1.76. The highest BCUT2D eigenvalue weighted by atomic mass is 16.6. The van der Waals surface area contributed by atoms with E-state index in [0.29, 0.717) is 12.8 Å². The average Bonchev–Trinajstić information content (AvgIpc) is 3.03. The standard InChI is InChI=1S/C14H21NO3/c1-6-7-8-11(16)14(9-10-14)15(5)12(17)18-13(2,3)4/h8-10H2,1-5H3. The molecule has 1 fully saturated rings. The molecule has 0 aliphatic heterocycles. The van der Waals surface area contributed by atoms with E-state index in [-0.39, 0.29) is 12.2 Å². The van der Waals surface area contributed by atoms with Crippen LogP contribution in [0.1, 0.15) is 47.0 Å². The molecule has 0 bridgehead atoms. The molecule has 100 valence electrons. The fourth-order valence-corrected chi connectivity index (χ4v) is 1.76. The number of hydrogen-bond acceptors (Lipinski definition) is 3. The van der Waals surface area contributed by atoms with Crippen LogP contribution in [0.5, 0.6) is 0 Å². The van der Waals surface area contributed by atoms with Crippen LogP contribution < -0.4 is 0 Å². The number of nitrogens with zero attached hydrogens (tertiary/aromatic N) is 1. The summed E-state index contributed by atoms with van der Waals surface area (Å²) in [4.78, 5) is 25.4. The number of ether oxygens (including phenoxy) is 1. The lowest BCUT2D eigenvalue weighted by molar-refractivity contribution is -0.124. The lowest BCUT2D eigenvalue weighted by atomic mass is 10.1. The Kier molecular flexibility index (Phi) is 4.05. The summed E-state index contributed by atoms with van der Waals surface area (Å²) in [5, 5.41) is 0. The van der Waals surface area contributed by atoms with Crippen LogP contribution in [-0.4, -0.2) is 35.0 Å². The second-order valence-electron chi connectivity index (χ2n) is 5.60. The molecule has 0 radical (unpaired) electrons. The highest BCUT2D eigenvalue weighted by molar-refractivity contribution is 5.95. The van der Waals surface area contributed by atoms with Gasteiger partial charge in [0.1, 0.15) is 11.1 Å². The van der Waals surface area contributed by atoms with E-state index in [1.165, 1.54) is 4.90 Å². The van der Waals surface area contributed by atoms with Gasteiger partial charge in [0, 0.05) is 7.05 Å². The van der Waals surface area contributed by atoms with E-state index in [1.54, 1.807) is 14.0 Å². The van der Waals surface area contributed by atoms with Gasteiger partial charge in [0.05, 0.1) is 6.42 Å². The first-order valence-electron chi connectivity index (χ1n) is 6.13. The molecule has 1 aliphatic rings. The van der Waals surface area contributed by atoms with Crippen LogP contribution >= 0.6 is 0 Å². The zero-order valence-electron chi connectivity index (χ0n) is 11.8. The number of carbonyl (C=O) groups is 2. The van der Waals surface area contributed by atoms with Crippen LogP contribution in [0.15, 0.2) is 0 Å². The third-order valence-electron chi connectivity index (χ3n) is 2.98. The van der Waals surface area contributed by atoms with Gasteiger partial charge in [0.25, 0.3) is 0 Å². The van der Waals surface area contributed by atoms with Crippen molar-refractivity contribution in [2.45, 2.75) is 58.1 Å². The van der Waals surface area contributed by atoms with Gasteiger partial charge in [0.15, 0.2) is 5.78 Å². The molecule has 1 amide bonds. The van der Waals surface area contributed by atoms with Crippen molar-refractivity contribution in [2.24, 2.45) is 0 Å². The van der Waals surface area contributed by atoms with Gasteiger partial charge in [-0.2, -0.15) is 0 Å². The molecule has 0 aromatic carbocycles. The molecule has 4 heteroatoms. The van der Waals surface area contributed by atoms with E-state index in [4.69, 9.17) is 4.74 Å². The van der Waals surface area contributed by atoms with Crippen molar-refractivity contribution in [1.82, 2.24) is 4.90 Å². The molecule has 1 aliphatic carbocycles. The molecular weight excluding hydrogens is 230 g/mol. The zero-order valence-corrected chi connectivity index (χ0v) is 11.8. The molecule has 0 aromatic heterocycles. The quantitative estimate of drug-likeness (QED) is 0.723. The van der Waals surface area contributed by atoms with Crippen LogP contribution in [0.4, 0.5) is 4.79 Å². The minimum absolute atomic E-state index is 0.00482. The lowest BCUT2D eigenvalue weighted by Crippen LogP contribution is -2.46. The first-order chi connectivity index (χ1) is 8.23. The molecule has 0 spiro atoms. The number of hydrogen-bond donors (Lipinski definition) is 0. The minimum Gasteiger partial charge on any atom is -0.444 e. The Morgan fingerprint density at radius 2 is 1.89 bits per heavy atom. The van der Waals surface area contributed by atoms with Crippen molar-refractivity contribution in [2.75, 3.05) is 7.05 Å². The maximum absolute atomic E-state index is 12.0. The highest BCUT2D eigenvalue weighted by Crippen LogP contribution is 2.43. The van der Waals surface area contributed by atoms with Gasteiger partial charge in [-0.25, -0.2) is 4.79 Å². The Hall–Kier alpha value is -1.50. The monoisotopic (exact) mass is 251 g/mol. The topological polar surface area (TPSA) is 46.6 Å². The first-order valence-corrected chi connectivity index (χ1v) is 6.13. The summed E-state index contributed by atoms with van der Waals surface area (Å²) in [5.41, 5.74) is -1.22. The van der Waals surface area contributed by atoms with E-state index < -0.39 is 17.2 Å². The maximum atomic E-state index is 12.0. The molecule has 0 aromatic rings. The smallest absolute Gasteiger partial charge is 0.410 e. The number of carbonyl (C=O) groups excluding carboxylic acids is 2. The van der Waals surface area contributed by atoms with E-state index in [1.807, 2.05) is 20.8 Å². The Bertz CT molecular complexity index is 405. The molecule has 0 atom stereocenters. The molecule has 0 N–H and O–H groups in total. The second kappa shape index (κ2) is 5.01. The van der Waals surface area contributed by atoms with Gasteiger partial charge in [-0.05, 0) is 40.5 Å². The molecule has 0 heterocycles. The zero-order chi connectivity index (χ0) is 14.0. The van der Waals surface area contributed by atoms with E-state index >= 15 is 0 Å². The molecule has 1 rings (SSSR count). The molecule has 1 saturated carbocycles. The van der Waals surface area contributed by atoms with E-state index in [9.17, 15) is 9.59 Å². The van der Waals surface area contributed by atoms with Crippen molar-refractivity contribution in [3.8, 4) is 11.8 Å². The molecule has 18 heavy (non-hydrogen) atoms. The number of rotatable bonds is 3. The Balaban J connectivity index is 2.70. The summed E-state index contributed by atoms with van der Waals surface area (Å²) in [6.45, 7) is 7.12. The summed E-state index contributed by atoms with van der Waals surface area (Å²) in [6, 6.07) is 0. The number of likely N-dealkylation sites (N-methyl/N-ethyl adjacent to an activating group) is 1. The van der Waals surface area contributed by atoms with Crippen LogP contribution in [0.25, 0.3) is 0 Å². The Morgan fingerprint density at radius 1 is 1.33 bits per heavy atom. The third kappa shape index (κ3) is 3.25. The lowest BCUT2D eigenvalue weighted by Gasteiger charge is -2.29. The summed E-state index contributed by atoms with van der Waals surface area (Å²) in [6.07, 6.45) is 1.15. The number of Topliss-reactive ketones (excluding diaryl/α,β-unsaturated/α-hetero) is 1. The molecule has 4 nitrogen and oxygen atoms in total. The molecular formula is C14H21NO3. The van der Waals surface area contributed by atoms with Crippen molar-refractivity contribution in [1.29, 1.82) is 0 Å². The van der Waals surface area contributed by atoms with Gasteiger partial charge < -0.3 is 4.74 Å². The first kappa shape index (κ1) is 14.6. The average molecular weight is 251 g/mol. The summed E-state index contributed by atoms with van der Waals surface area (Å²) in [7, 11) is 1.62. The van der Waals surface area contributed by atoms with Crippen molar-refractivity contribution in [3.63, 3.8) is 0 Å². The van der Waals surface area contributed by atoms with E-state index in [2.05, 4.69) is 11.8 Å². The Labute approximate surface area is 109 Å². The largest absolute Gasteiger partial charge is 0.444 e. The normalized spacial score (nSPS) is 16.3. The predicted octanol–water partition coefficient (Wildman–Crippen LogP) is 2.37. The highest BCUT2D eigenvalue weighted by Gasteiger charge is 2.54. The maximum Gasteiger partial charge on any atom is 0.410 e. The second-order valence-corrected chi connectivity index (χ2v) is 5.60. The van der Waals surface area contributed by atoms with Crippen LogP contribution in [0.3, 0.4) is 0 Å². The van der Waals surface area contributed by atoms with Crippen LogP contribution in [0, 0.1) is 11.8 Å². The van der Waals surface area contributed by atoms with Crippen molar-refractivity contribution in [3.05, 3.63) is 0 Å². The number of ketones is 1. The number of amides is 1. The Morgan fingerprint density at radius 3 is 2.28 bits per heavy atom. The summed E-state index contributed by atoms with van der Waals surface area (Å²) < 4.78 is 5.28. The summed E-state index contributed by atoms with van der Waals surface area (Å²) >= 11 is 0. The van der Waals surface area contributed by atoms with Gasteiger partial charge in [-0.1, -0.05) is 5.92 Å². The van der Waals surface area contributed by atoms with Crippen LogP contribution in [0.2, 0.25) is 0 Å². The third-order valence-corrected chi connectivity index (χ3v) is 2.98. The van der Waals surface area contributed by atoms with Gasteiger partial charge in [0.2, 0.25) is 0 Å². The van der Waals surface area contributed by atoms with Crippen molar-refractivity contribution < 1.29 is 14.3 Å². The van der Waals surface area contributed by atoms with Gasteiger partial charge in [-0.15, -0.1) is 5.92 Å². The van der Waals surface area contributed by atoms with Gasteiger partial charge in [-0.3, -0.25) is 9.69 Å². The fraction of sp³-hybridized carbons (Fsp3) is 0.714. The van der Waals surface area contributed by atoms with Gasteiger partial charge >= 0.3 is 6.09 Å². The van der Waals surface area contributed by atoms with Crippen LogP contribution in [-0.2, 0) is 9.53 Å². The summed E-state index contributed by atoms with van der Waals surface area (Å²) in [5.74, 6) is 5.46. The SMILES string of the molecule is CC#CCC(=O)C1(N(C)C(=O)OC(C)(C)C)CC1. The van der Waals surface area contributed by atoms with E-state index in [0.717, 1.165) is 0 Å².